The number of amides is 1. The first-order valence-corrected chi connectivity index (χ1v) is 6.45. The maximum Gasteiger partial charge on any atom is 0.222 e. The van der Waals surface area contributed by atoms with Gasteiger partial charge in [-0.2, -0.15) is 0 Å². The van der Waals surface area contributed by atoms with E-state index in [1.807, 2.05) is 6.92 Å². The van der Waals surface area contributed by atoms with Crippen molar-refractivity contribution in [3.63, 3.8) is 0 Å². The number of nitrogens with one attached hydrogen (secondary N) is 1. The molecule has 0 spiro atoms. The van der Waals surface area contributed by atoms with Gasteiger partial charge in [0.15, 0.2) is 0 Å². The molecule has 14 heavy (non-hydrogen) atoms. The van der Waals surface area contributed by atoms with E-state index in [2.05, 4.69) is 35.1 Å². The number of hydrogen-bond acceptors (Lipinski definition) is 1. The van der Waals surface area contributed by atoms with Gasteiger partial charge in [0.25, 0.3) is 0 Å². The van der Waals surface area contributed by atoms with Gasteiger partial charge in [-0.25, -0.2) is 0 Å². The van der Waals surface area contributed by atoms with Crippen LogP contribution in [0.15, 0.2) is 0 Å². The Morgan fingerprint density at radius 2 is 2.00 bits per heavy atom. The molecule has 0 saturated carbocycles. The average Bonchev–Trinajstić information content (AvgIpc) is 2.17. The highest BCUT2D eigenvalue weighted by Gasteiger charge is 2.11. The van der Waals surface area contributed by atoms with Crippen LogP contribution >= 0.6 is 15.9 Å². The molecular weight excluding hydrogens is 242 g/mol. The van der Waals surface area contributed by atoms with Crippen molar-refractivity contribution >= 4 is 21.8 Å². The summed E-state index contributed by atoms with van der Waals surface area (Å²) in [6.45, 7) is 7.03. The third-order valence-corrected chi connectivity index (χ3v) is 3.47. The zero-order valence-electron chi connectivity index (χ0n) is 9.48. The van der Waals surface area contributed by atoms with Gasteiger partial charge in [0.2, 0.25) is 5.91 Å². The summed E-state index contributed by atoms with van der Waals surface area (Å²) >= 11 is 3.54. The molecule has 0 fully saturated rings. The summed E-state index contributed by atoms with van der Waals surface area (Å²) in [5, 5.41) is 2.96. The standard InChI is InChI=1S/C11H22BrNO/c1-4-6-9(3)11(14)13-8-7-10(12)5-2/h9-10H,4-8H2,1-3H3,(H,13,14). The molecular formula is C11H22BrNO. The molecule has 2 unspecified atom stereocenters. The Bertz CT molecular complexity index is 161. The molecule has 0 aromatic carbocycles. The van der Waals surface area contributed by atoms with Gasteiger partial charge < -0.3 is 5.32 Å². The second kappa shape index (κ2) is 8.27. The SMILES string of the molecule is CCCC(C)C(=O)NCCC(Br)CC. The van der Waals surface area contributed by atoms with E-state index < -0.39 is 0 Å². The zero-order valence-corrected chi connectivity index (χ0v) is 11.1. The van der Waals surface area contributed by atoms with Crippen LogP contribution in [0.1, 0.15) is 46.5 Å². The number of carbonyl (C=O) groups is 1. The van der Waals surface area contributed by atoms with Crippen LogP contribution in [0.5, 0.6) is 0 Å². The van der Waals surface area contributed by atoms with E-state index >= 15 is 0 Å². The fourth-order valence-electron chi connectivity index (χ4n) is 1.29. The summed E-state index contributed by atoms with van der Waals surface area (Å²) in [6.07, 6.45) is 4.18. The smallest absolute Gasteiger partial charge is 0.222 e. The number of rotatable bonds is 7. The molecule has 84 valence electrons. The third kappa shape index (κ3) is 6.41. The second-order valence-electron chi connectivity index (χ2n) is 3.77. The minimum Gasteiger partial charge on any atom is -0.356 e. The average molecular weight is 264 g/mol. The molecule has 1 amide bonds. The molecule has 0 radical (unpaired) electrons. The lowest BCUT2D eigenvalue weighted by molar-refractivity contribution is -0.124. The summed E-state index contributed by atoms with van der Waals surface area (Å²) in [7, 11) is 0. The van der Waals surface area contributed by atoms with Crippen LogP contribution in [0.25, 0.3) is 0 Å². The minimum atomic E-state index is 0.162. The summed E-state index contributed by atoms with van der Waals surface area (Å²) in [4.78, 5) is 12.0. The molecule has 0 saturated heterocycles. The summed E-state index contributed by atoms with van der Waals surface area (Å²) in [5.41, 5.74) is 0. The second-order valence-corrected chi connectivity index (χ2v) is 5.07. The van der Waals surface area contributed by atoms with E-state index in [4.69, 9.17) is 0 Å². The molecule has 0 aliphatic rings. The molecule has 0 aromatic heterocycles. The number of alkyl halides is 1. The van der Waals surface area contributed by atoms with Crippen molar-refractivity contribution in [2.24, 2.45) is 5.92 Å². The Hall–Kier alpha value is -0.0500. The van der Waals surface area contributed by atoms with Crippen molar-refractivity contribution in [2.45, 2.75) is 51.3 Å². The number of hydrogen-bond donors (Lipinski definition) is 1. The Labute approximate surface area is 96.0 Å². The maximum atomic E-state index is 11.5. The quantitative estimate of drug-likeness (QED) is 0.703. The van der Waals surface area contributed by atoms with E-state index in [1.54, 1.807) is 0 Å². The predicted octanol–water partition coefficient (Wildman–Crippen LogP) is 3.10. The Balaban J connectivity index is 3.53. The molecule has 3 heteroatoms. The van der Waals surface area contributed by atoms with Crippen LogP contribution in [-0.2, 0) is 4.79 Å². The summed E-state index contributed by atoms with van der Waals surface area (Å²) < 4.78 is 0. The molecule has 1 N–H and O–H groups in total. The first kappa shape index (κ1) is 13.9. The van der Waals surface area contributed by atoms with Crippen LogP contribution in [0.2, 0.25) is 0 Å². The summed E-state index contributed by atoms with van der Waals surface area (Å²) in [6, 6.07) is 0. The van der Waals surface area contributed by atoms with Gasteiger partial charge in [-0.3, -0.25) is 4.79 Å². The Kier molecular flexibility index (Phi) is 8.24. The lowest BCUT2D eigenvalue weighted by Gasteiger charge is -2.12. The topological polar surface area (TPSA) is 29.1 Å². The fourth-order valence-corrected chi connectivity index (χ4v) is 1.52. The van der Waals surface area contributed by atoms with Crippen molar-refractivity contribution < 1.29 is 4.79 Å². The molecule has 0 rings (SSSR count). The van der Waals surface area contributed by atoms with Gasteiger partial charge in [-0.1, -0.05) is 43.1 Å². The lowest BCUT2D eigenvalue weighted by atomic mass is 10.1. The molecule has 0 aliphatic heterocycles. The van der Waals surface area contributed by atoms with Crippen LogP contribution < -0.4 is 5.32 Å². The minimum absolute atomic E-state index is 0.162. The zero-order chi connectivity index (χ0) is 11.0. The van der Waals surface area contributed by atoms with E-state index in [0.29, 0.717) is 4.83 Å². The first-order chi connectivity index (χ1) is 6.61. The van der Waals surface area contributed by atoms with E-state index in [-0.39, 0.29) is 11.8 Å². The summed E-state index contributed by atoms with van der Waals surface area (Å²) in [5.74, 6) is 0.359. The molecule has 2 atom stereocenters. The van der Waals surface area contributed by atoms with Crippen molar-refractivity contribution in [1.29, 1.82) is 0 Å². The molecule has 0 aliphatic carbocycles. The molecule has 0 bridgehead atoms. The van der Waals surface area contributed by atoms with E-state index in [9.17, 15) is 4.79 Å². The van der Waals surface area contributed by atoms with E-state index in [0.717, 1.165) is 32.2 Å². The maximum absolute atomic E-state index is 11.5. The fraction of sp³-hybridized carbons (Fsp3) is 0.909. The Morgan fingerprint density at radius 1 is 1.36 bits per heavy atom. The Morgan fingerprint density at radius 3 is 2.50 bits per heavy atom. The normalized spacial score (nSPS) is 14.9. The highest BCUT2D eigenvalue weighted by Crippen LogP contribution is 2.08. The predicted molar refractivity (Wildman–Crippen MR) is 64.7 cm³/mol. The lowest BCUT2D eigenvalue weighted by Crippen LogP contribution is -2.30. The van der Waals surface area contributed by atoms with Crippen molar-refractivity contribution in [2.75, 3.05) is 6.54 Å². The van der Waals surface area contributed by atoms with E-state index in [1.165, 1.54) is 0 Å². The first-order valence-electron chi connectivity index (χ1n) is 5.53. The highest BCUT2D eigenvalue weighted by atomic mass is 79.9. The van der Waals surface area contributed by atoms with Gasteiger partial charge in [0.05, 0.1) is 0 Å². The van der Waals surface area contributed by atoms with Crippen LogP contribution in [0.4, 0.5) is 0 Å². The van der Waals surface area contributed by atoms with Crippen LogP contribution in [-0.4, -0.2) is 17.3 Å². The molecule has 0 heterocycles. The van der Waals surface area contributed by atoms with Crippen molar-refractivity contribution in [3.05, 3.63) is 0 Å². The van der Waals surface area contributed by atoms with Crippen LogP contribution in [0, 0.1) is 5.92 Å². The highest BCUT2D eigenvalue weighted by molar-refractivity contribution is 9.09. The molecule has 2 nitrogen and oxygen atoms in total. The van der Waals surface area contributed by atoms with Crippen LogP contribution in [0.3, 0.4) is 0 Å². The van der Waals surface area contributed by atoms with Gasteiger partial charge in [0.1, 0.15) is 0 Å². The third-order valence-electron chi connectivity index (χ3n) is 2.37. The van der Waals surface area contributed by atoms with Gasteiger partial charge >= 0.3 is 0 Å². The van der Waals surface area contributed by atoms with Gasteiger partial charge in [-0.05, 0) is 19.3 Å². The largest absolute Gasteiger partial charge is 0.356 e. The van der Waals surface area contributed by atoms with Gasteiger partial charge in [-0.15, -0.1) is 0 Å². The number of carbonyl (C=O) groups excluding carboxylic acids is 1. The monoisotopic (exact) mass is 263 g/mol. The van der Waals surface area contributed by atoms with Crippen molar-refractivity contribution in [1.82, 2.24) is 5.32 Å². The number of halogens is 1. The van der Waals surface area contributed by atoms with Gasteiger partial charge in [0, 0.05) is 17.3 Å². The van der Waals surface area contributed by atoms with Crippen molar-refractivity contribution in [3.8, 4) is 0 Å². The molecule has 0 aromatic rings.